The molecule has 2 aromatic rings. The number of nitrogens with zero attached hydrogens (tertiary/aromatic N) is 4. The second kappa shape index (κ2) is 11.6. The SMILES string of the molecule is C=N/N=C(/c1cc(CC)c(CC)c(CC)c1)N(C)NC(C#N)c1ccc(B2CC(C)(C)C(C)(C)C2)cc1. The van der Waals surface area contributed by atoms with E-state index in [2.05, 4.69) is 113 Å². The van der Waals surface area contributed by atoms with Gasteiger partial charge in [-0.25, -0.2) is 5.43 Å². The zero-order valence-electron chi connectivity index (χ0n) is 24.2. The summed E-state index contributed by atoms with van der Waals surface area (Å²) in [5.41, 5.74) is 11.3. The van der Waals surface area contributed by atoms with Crippen LogP contribution in [-0.4, -0.2) is 31.3 Å². The van der Waals surface area contributed by atoms with Crippen LogP contribution in [-0.2, 0) is 19.3 Å². The Morgan fingerprint density at radius 3 is 2.00 bits per heavy atom. The van der Waals surface area contributed by atoms with E-state index < -0.39 is 6.04 Å². The van der Waals surface area contributed by atoms with Crippen LogP contribution in [0.2, 0.25) is 12.6 Å². The molecule has 2 aromatic carbocycles. The van der Waals surface area contributed by atoms with E-state index in [9.17, 15) is 5.26 Å². The number of hydrogen-bond acceptors (Lipinski definition) is 4. The summed E-state index contributed by atoms with van der Waals surface area (Å²) >= 11 is 0. The number of amidine groups is 1. The minimum absolute atomic E-state index is 0.315. The average molecular weight is 498 g/mol. The van der Waals surface area contributed by atoms with Crippen LogP contribution in [0.4, 0.5) is 0 Å². The molecule has 1 unspecified atom stereocenters. The van der Waals surface area contributed by atoms with Gasteiger partial charge in [-0.15, -0.1) is 5.10 Å². The van der Waals surface area contributed by atoms with Crippen molar-refractivity contribution in [1.82, 2.24) is 10.4 Å². The highest BCUT2D eigenvalue weighted by molar-refractivity contribution is 6.74. The Morgan fingerprint density at radius 2 is 1.57 bits per heavy atom. The van der Waals surface area contributed by atoms with Crippen molar-refractivity contribution in [3.05, 3.63) is 64.2 Å². The van der Waals surface area contributed by atoms with Gasteiger partial charge in [0.25, 0.3) is 0 Å². The highest BCUT2D eigenvalue weighted by Gasteiger charge is 2.47. The van der Waals surface area contributed by atoms with Crippen LogP contribution in [0.5, 0.6) is 0 Å². The third-order valence-electron chi connectivity index (χ3n) is 8.83. The molecule has 196 valence electrons. The molecule has 1 saturated heterocycles. The van der Waals surface area contributed by atoms with Gasteiger partial charge in [-0.2, -0.15) is 10.4 Å². The van der Waals surface area contributed by atoms with Crippen molar-refractivity contribution >= 4 is 24.7 Å². The number of benzene rings is 2. The molecule has 1 heterocycles. The number of nitrogens with one attached hydrogen (secondary N) is 1. The summed E-state index contributed by atoms with van der Waals surface area (Å²) in [5, 5.41) is 20.1. The first-order chi connectivity index (χ1) is 17.5. The van der Waals surface area contributed by atoms with Crippen molar-refractivity contribution in [2.45, 2.75) is 86.4 Å². The van der Waals surface area contributed by atoms with E-state index in [4.69, 9.17) is 0 Å². The minimum Gasteiger partial charge on any atom is -0.292 e. The molecule has 1 aliphatic rings. The molecule has 5 nitrogen and oxygen atoms in total. The van der Waals surface area contributed by atoms with Gasteiger partial charge in [0, 0.05) is 19.3 Å². The molecule has 6 heteroatoms. The Morgan fingerprint density at radius 1 is 1.03 bits per heavy atom. The van der Waals surface area contributed by atoms with Crippen molar-refractivity contribution in [3.63, 3.8) is 0 Å². The predicted molar refractivity (Wildman–Crippen MR) is 159 cm³/mol. The zero-order valence-corrected chi connectivity index (χ0v) is 24.2. The fraction of sp³-hybridized carbons (Fsp3) is 0.516. The molecule has 0 amide bonds. The summed E-state index contributed by atoms with van der Waals surface area (Å²) in [6.45, 7) is 20.3. The summed E-state index contributed by atoms with van der Waals surface area (Å²) in [4.78, 5) is 0. The normalized spacial score (nSPS) is 17.4. The lowest BCUT2D eigenvalue weighted by molar-refractivity contribution is 0.177. The molecule has 1 atom stereocenters. The Labute approximate surface area is 225 Å². The maximum atomic E-state index is 10.0. The second-order valence-electron chi connectivity index (χ2n) is 11.7. The lowest BCUT2D eigenvalue weighted by Crippen LogP contribution is -2.42. The number of rotatable bonds is 9. The molecule has 3 rings (SSSR count). The Bertz CT molecular complexity index is 1130. The first-order valence-electron chi connectivity index (χ1n) is 13.7. The Balaban J connectivity index is 1.83. The van der Waals surface area contributed by atoms with E-state index >= 15 is 0 Å². The topological polar surface area (TPSA) is 63.8 Å². The van der Waals surface area contributed by atoms with Crippen LogP contribution in [0.25, 0.3) is 0 Å². The number of hydrogen-bond donors (Lipinski definition) is 1. The van der Waals surface area contributed by atoms with Crippen molar-refractivity contribution in [2.24, 2.45) is 21.0 Å². The number of nitriles is 1. The van der Waals surface area contributed by atoms with E-state index in [1.165, 1.54) is 34.8 Å². The van der Waals surface area contributed by atoms with Crippen LogP contribution in [0, 0.1) is 22.2 Å². The van der Waals surface area contributed by atoms with Crippen LogP contribution in [0.15, 0.2) is 46.6 Å². The van der Waals surface area contributed by atoms with E-state index in [0.717, 1.165) is 30.4 Å². The third-order valence-corrected chi connectivity index (χ3v) is 8.83. The van der Waals surface area contributed by atoms with Crippen LogP contribution >= 0.6 is 0 Å². The molecule has 1 aliphatic heterocycles. The Hall–Kier alpha value is -2.91. The van der Waals surface area contributed by atoms with Gasteiger partial charge in [-0.05, 0) is 64.5 Å². The molecule has 0 saturated carbocycles. The minimum atomic E-state index is -0.517. The van der Waals surface area contributed by atoms with Crippen LogP contribution in [0.1, 0.15) is 82.3 Å². The van der Waals surface area contributed by atoms with E-state index in [-0.39, 0.29) is 0 Å². The standard InChI is InChI=1S/C31H44BN5/c1-10-22-17-25(18-23(11-2)27(22)12-3)29(35-34-8)37(9)36-28(19-33)24-13-15-26(16-14-24)32-20-30(4,5)31(6,7)21-32/h13-18,28,36H,8,10-12,20-21H2,1-7,9H3/b35-29-. The van der Waals surface area contributed by atoms with Gasteiger partial charge in [-0.1, -0.05) is 90.8 Å². The Kier molecular flexibility index (Phi) is 9.02. The van der Waals surface area contributed by atoms with E-state index in [1.807, 2.05) is 7.05 Å². The van der Waals surface area contributed by atoms with Gasteiger partial charge in [0.2, 0.25) is 0 Å². The molecule has 37 heavy (non-hydrogen) atoms. The van der Waals surface area contributed by atoms with E-state index in [1.54, 1.807) is 5.01 Å². The highest BCUT2D eigenvalue weighted by Crippen LogP contribution is 2.52. The number of aryl methyl sites for hydroxylation is 2. The maximum absolute atomic E-state index is 10.0. The fourth-order valence-electron chi connectivity index (χ4n) is 5.88. The van der Waals surface area contributed by atoms with Gasteiger partial charge < -0.3 is 0 Å². The zero-order chi connectivity index (χ0) is 27.4. The largest absolute Gasteiger partial charge is 0.292 e. The van der Waals surface area contributed by atoms with Crippen molar-refractivity contribution in [3.8, 4) is 6.07 Å². The van der Waals surface area contributed by atoms with Gasteiger partial charge >= 0.3 is 0 Å². The smallest absolute Gasteiger partial charge is 0.176 e. The van der Waals surface area contributed by atoms with Crippen LogP contribution in [0.3, 0.4) is 0 Å². The van der Waals surface area contributed by atoms with Crippen molar-refractivity contribution in [1.29, 1.82) is 5.26 Å². The molecule has 0 bridgehead atoms. The molecular weight excluding hydrogens is 453 g/mol. The molecule has 0 aliphatic carbocycles. The van der Waals surface area contributed by atoms with Gasteiger partial charge in [0.15, 0.2) is 12.5 Å². The first kappa shape index (κ1) is 28.7. The lowest BCUT2D eigenvalue weighted by Gasteiger charge is -2.35. The third kappa shape index (κ3) is 5.99. The maximum Gasteiger partial charge on any atom is 0.176 e. The summed E-state index contributed by atoms with van der Waals surface area (Å²) in [7, 11) is 1.89. The van der Waals surface area contributed by atoms with Gasteiger partial charge in [-0.3, -0.25) is 5.01 Å². The first-order valence-corrected chi connectivity index (χ1v) is 13.7. The molecule has 1 N–H and O–H groups in total. The van der Waals surface area contributed by atoms with Gasteiger partial charge in [0.1, 0.15) is 6.04 Å². The van der Waals surface area contributed by atoms with Crippen molar-refractivity contribution in [2.75, 3.05) is 7.05 Å². The summed E-state index contributed by atoms with van der Waals surface area (Å²) in [6, 6.07) is 14.9. The highest BCUT2D eigenvalue weighted by atomic mass is 15.5. The fourth-order valence-corrected chi connectivity index (χ4v) is 5.88. The summed E-state index contributed by atoms with van der Waals surface area (Å²) in [5.74, 6) is 0.648. The second-order valence-corrected chi connectivity index (χ2v) is 11.7. The quantitative estimate of drug-likeness (QED) is 0.194. The number of hydrazine groups is 1. The van der Waals surface area contributed by atoms with E-state index in [0.29, 0.717) is 23.4 Å². The lowest BCUT2D eigenvalue weighted by atomic mass is 9.42. The van der Waals surface area contributed by atoms with Crippen molar-refractivity contribution < 1.29 is 0 Å². The summed E-state index contributed by atoms with van der Waals surface area (Å²) in [6.07, 6.45) is 5.30. The molecule has 0 radical (unpaired) electrons. The molecule has 0 aromatic heterocycles. The van der Waals surface area contributed by atoms with Gasteiger partial charge in [0.05, 0.1) is 6.07 Å². The predicted octanol–water partition coefficient (Wildman–Crippen LogP) is 6.21. The molecule has 1 fully saturated rings. The molecular formula is C31H44BN5. The monoisotopic (exact) mass is 497 g/mol. The average Bonchev–Trinajstić information content (AvgIpc) is 3.11. The van der Waals surface area contributed by atoms with Crippen LogP contribution < -0.4 is 10.9 Å². The summed E-state index contributed by atoms with van der Waals surface area (Å²) < 4.78 is 0. The molecule has 0 spiro atoms.